The van der Waals surface area contributed by atoms with Gasteiger partial charge in [0.1, 0.15) is 18.2 Å². The average molecular weight is 271 g/mol. The van der Waals surface area contributed by atoms with Gasteiger partial charge in [-0.1, -0.05) is 6.07 Å². The van der Waals surface area contributed by atoms with E-state index in [1.807, 2.05) is 23.6 Å². The number of hydrogen-bond donors (Lipinski definition) is 0. The number of fused-ring (bicyclic) bond motifs is 1. The van der Waals surface area contributed by atoms with Crippen LogP contribution in [0.3, 0.4) is 0 Å². The lowest BCUT2D eigenvalue weighted by atomic mass is 10.3. The Morgan fingerprint density at radius 2 is 2.15 bits per heavy atom. The number of rotatable bonds is 4. The molecule has 0 spiro atoms. The summed E-state index contributed by atoms with van der Waals surface area (Å²) in [6.45, 7) is 3.08. The summed E-state index contributed by atoms with van der Waals surface area (Å²) in [6, 6.07) is 10.1. The van der Waals surface area contributed by atoms with Crippen molar-refractivity contribution in [2.45, 2.75) is 20.1 Å². The second-order valence-corrected chi connectivity index (χ2v) is 4.36. The first-order valence-corrected chi connectivity index (χ1v) is 6.46. The van der Waals surface area contributed by atoms with Crippen molar-refractivity contribution >= 4 is 11.0 Å². The molecule has 0 saturated carbocycles. The second kappa shape index (κ2) is 5.28. The van der Waals surface area contributed by atoms with Gasteiger partial charge in [-0.3, -0.25) is 0 Å². The molecule has 0 amide bonds. The molecule has 0 aliphatic heterocycles. The predicted molar refractivity (Wildman–Crippen MR) is 73.9 cm³/mol. The van der Waals surface area contributed by atoms with Crippen LogP contribution in [0.1, 0.15) is 12.7 Å². The molecular weight excluding hydrogens is 257 g/mol. The molecule has 0 atom stereocenters. The number of pyridine rings is 1. The third-order valence-electron chi connectivity index (χ3n) is 3.09. The summed E-state index contributed by atoms with van der Waals surface area (Å²) < 4.78 is 20.9. The van der Waals surface area contributed by atoms with Crippen LogP contribution < -0.4 is 4.74 Å². The van der Waals surface area contributed by atoms with Gasteiger partial charge in [-0.15, -0.1) is 0 Å². The predicted octanol–water partition coefficient (Wildman–Crippen LogP) is 3.17. The first kappa shape index (κ1) is 12.6. The smallest absolute Gasteiger partial charge is 0.213 e. The number of aryl methyl sites for hydroxylation is 1. The minimum absolute atomic E-state index is 0.282. The van der Waals surface area contributed by atoms with E-state index in [4.69, 9.17) is 4.74 Å². The minimum atomic E-state index is -0.282. The summed E-state index contributed by atoms with van der Waals surface area (Å²) >= 11 is 0. The van der Waals surface area contributed by atoms with Gasteiger partial charge >= 0.3 is 0 Å². The lowest BCUT2D eigenvalue weighted by Gasteiger charge is -2.07. The Hall–Kier alpha value is -2.43. The maximum absolute atomic E-state index is 13.2. The fourth-order valence-electron chi connectivity index (χ4n) is 2.19. The van der Waals surface area contributed by atoms with Crippen LogP contribution in [0.2, 0.25) is 0 Å². The molecule has 0 unspecified atom stereocenters. The standard InChI is InChI=1S/C15H14FN3O/c1-2-19-13-7-6-11(16)9-12(13)18-14(19)10-20-15-5-3-4-8-17-15/h3-9H,2,10H2,1H3. The number of hydrogen-bond acceptors (Lipinski definition) is 3. The van der Waals surface area contributed by atoms with Crippen molar-refractivity contribution in [3.05, 3.63) is 54.2 Å². The van der Waals surface area contributed by atoms with Gasteiger partial charge in [0.25, 0.3) is 0 Å². The molecule has 0 aliphatic carbocycles. The van der Waals surface area contributed by atoms with Crippen molar-refractivity contribution in [1.82, 2.24) is 14.5 Å². The first-order chi connectivity index (χ1) is 9.78. The summed E-state index contributed by atoms with van der Waals surface area (Å²) in [4.78, 5) is 8.53. The van der Waals surface area contributed by atoms with Crippen molar-refractivity contribution in [1.29, 1.82) is 0 Å². The summed E-state index contributed by atoms with van der Waals surface area (Å²) in [7, 11) is 0. The average Bonchev–Trinajstić information content (AvgIpc) is 2.82. The molecule has 0 bridgehead atoms. The van der Waals surface area contributed by atoms with Crippen LogP contribution in [0.15, 0.2) is 42.6 Å². The molecule has 20 heavy (non-hydrogen) atoms. The Morgan fingerprint density at radius 3 is 2.90 bits per heavy atom. The number of aromatic nitrogens is 3. The van der Waals surface area contributed by atoms with Crippen molar-refractivity contribution in [2.75, 3.05) is 0 Å². The molecule has 0 radical (unpaired) electrons. The summed E-state index contributed by atoms with van der Waals surface area (Å²) in [5.74, 6) is 1.03. The first-order valence-electron chi connectivity index (χ1n) is 6.46. The Bertz CT molecular complexity index is 725. The number of benzene rings is 1. The highest BCUT2D eigenvalue weighted by molar-refractivity contribution is 5.76. The van der Waals surface area contributed by atoms with Crippen LogP contribution in [-0.2, 0) is 13.2 Å². The number of nitrogens with zero attached hydrogens (tertiary/aromatic N) is 3. The van der Waals surface area contributed by atoms with E-state index in [-0.39, 0.29) is 5.82 Å². The molecule has 5 heteroatoms. The number of halogens is 1. The Labute approximate surface area is 115 Å². The molecular formula is C15H14FN3O. The van der Waals surface area contributed by atoms with Crippen molar-refractivity contribution < 1.29 is 9.13 Å². The van der Waals surface area contributed by atoms with E-state index in [0.29, 0.717) is 18.0 Å². The highest BCUT2D eigenvalue weighted by Gasteiger charge is 2.10. The van der Waals surface area contributed by atoms with Crippen LogP contribution in [0, 0.1) is 5.82 Å². The van der Waals surface area contributed by atoms with Crippen LogP contribution in [-0.4, -0.2) is 14.5 Å². The highest BCUT2D eigenvalue weighted by atomic mass is 19.1. The Balaban J connectivity index is 1.91. The molecule has 1 aromatic carbocycles. The van der Waals surface area contributed by atoms with Crippen molar-refractivity contribution in [3.8, 4) is 5.88 Å². The maximum atomic E-state index is 13.2. The van der Waals surface area contributed by atoms with Crippen LogP contribution in [0.4, 0.5) is 4.39 Å². The van der Waals surface area contributed by atoms with E-state index in [1.54, 1.807) is 18.3 Å². The van der Waals surface area contributed by atoms with E-state index in [2.05, 4.69) is 9.97 Å². The normalized spacial score (nSPS) is 10.9. The summed E-state index contributed by atoms with van der Waals surface area (Å²) in [5.41, 5.74) is 1.56. The molecule has 2 heterocycles. The van der Waals surface area contributed by atoms with Gasteiger partial charge in [0.15, 0.2) is 0 Å². The van der Waals surface area contributed by atoms with Gasteiger partial charge in [0.05, 0.1) is 11.0 Å². The van der Waals surface area contributed by atoms with Gasteiger partial charge in [-0.25, -0.2) is 14.4 Å². The number of ether oxygens (including phenoxy) is 1. The van der Waals surface area contributed by atoms with Gasteiger partial charge in [0, 0.05) is 24.9 Å². The lowest BCUT2D eigenvalue weighted by molar-refractivity contribution is 0.279. The number of imidazole rings is 1. The van der Waals surface area contributed by atoms with Crippen LogP contribution in [0.25, 0.3) is 11.0 Å². The van der Waals surface area contributed by atoms with E-state index < -0.39 is 0 Å². The summed E-state index contributed by atoms with van der Waals surface area (Å²) in [5, 5.41) is 0. The topological polar surface area (TPSA) is 39.9 Å². The van der Waals surface area contributed by atoms with Crippen LogP contribution in [0.5, 0.6) is 5.88 Å². The zero-order valence-electron chi connectivity index (χ0n) is 11.1. The molecule has 4 nitrogen and oxygen atoms in total. The van der Waals surface area contributed by atoms with Gasteiger partial charge in [-0.2, -0.15) is 0 Å². The van der Waals surface area contributed by atoms with E-state index >= 15 is 0 Å². The van der Waals surface area contributed by atoms with Crippen LogP contribution >= 0.6 is 0 Å². The minimum Gasteiger partial charge on any atom is -0.469 e. The third kappa shape index (κ3) is 2.34. The molecule has 3 rings (SSSR count). The fourth-order valence-corrected chi connectivity index (χ4v) is 2.19. The van der Waals surface area contributed by atoms with E-state index in [1.165, 1.54) is 12.1 Å². The SMILES string of the molecule is CCn1c(COc2ccccn2)nc2cc(F)ccc21. The van der Waals surface area contributed by atoms with Crippen molar-refractivity contribution in [2.24, 2.45) is 0 Å². The highest BCUT2D eigenvalue weighted by Crippen LogP contribution is 2.18. The van der Waals surface area contributed by atoms with Gasteiger partial charge in [-0.05, 0) is 25.1 Å². The fraction of sp³-hybridized carbons (Fsp3) is 0.200. The maximum Gasteiger partial charge on any atom is 0.213 e. The largest absolute Gasteiger partial charge is 0.469 e. The zero-order valence-corrected chi connectivity index (χ0v) is 11.1. The molecule has 0 saturated heterocycles. The molecule has 3 aromatic rings. The monoisotopic (exact) mass is 271 g/mol. The lowest BCUT2D eigenvalue weighted by Crippen LogP contribution is -2.06. The van der Waals surface area contributed by atoms with Gasteiger partial charge < -0.3 is 9.30 Å². The zero-order chi connectivity index (χ0) is 13.9. The Kier molecular flexibility index (Phi) is 3.33. The third-order valence-corrected chi connectivity index (χ3v) is 3.09. The molecule has 0 N–H and O–H groups in total. The molecule has 2 aromatic heterocycles. The quantitative estimate of drug-likeness (QED) is 0.731. The van der Waals surface area contributed by atoms with E-state index in [0.717, 1.165) is 17.9 Å². The second-order valence-electron chi connectivity index (χ2n) is 4.36. The molecule has 102 valence electrons. The molecule has 0 fully saturated rings. The van der Waals surface area contributed by atoms with E-state index in [9.17, 15) is 4.39 Å². The molecule has 0 aliphatic rings. The van der Waals surface area contributed by atoms with Crippen molar-refractivity contribution in [3.63, 3.8) is 0 Å². The summed E-state index contributed by atoms with van der Waals surface area (Å²) in [6.07, 6.45) is 1.67. The Morgan fingerprint density at radius 1 is 1.25 bits per heavy atom. The van der Waals surface area contributed by atoms with Gasteiger partial charge in [0.2, 0.25) is 5.88 Å².